The Morgan fingerprint density at radius 1 is 1.26 bits per heavy atom. The van der Waals surface area contributed by atoms with Crippen LogP contribution in [0.25, 0.3) is 0 Å². The second-order valence-corrected chi connectivity index (χ2v) is 8.14. The first-order valence-electron chi connectivity index (χ1n) is 9.19. The van der Waals surface area contributed by atoms with Gasteiger partial charge < -0.3 is 10.6 Å². The number of carbonyl (C=O) groups is 1. The topological polar surface area (TPSA) is 46.3 Å². The van der Waals surface area contributed by atoms with Gasteiger partial charge in [-0.1, -0.05) is 32.0 Å². The first kappa shape index (κ1) is 15.2. The van der Waals surface area contributed by atoms with E-state index in [1.165, 1.54) is 16.7 Å². The average molecular weight is 312 g/mol. The van der Waals surface area contributed by atoms with E-state index in [0.717, 1.165) is 44.7 Å². The third-order valence-electron chi connectivity index (χ3n) is 6.46. The van der Waals surface area contributed by atoms with Gasteiger partial charge in [-0.2, -0.15) is 0 Å². The van der Waals surface area contributed by atoms with Crippen LogP contribution in [0, 0.1) is 17.8 Å². The molecule has 3 aliphatic rings. The number of nitrogens with zero attached hydrogens (tertiary/aromatic N) is 1. The van der Waals surface area contributed by atoms with Crippen LogP contribution in [0.2, 0.25) is 0 Å². The maximum absolute atomic E-state index is 12.9. The number of hydrogen-bond acceptors (Lipinski definition) is 2. The van der Waals surface area contributed by atoms with Gasteiger partial charge in [-0.15, -0.1) is 0 Å². The molecule has 0 bridgehead atoms. The molecule has 0 radical (unpaired) electrons. The summed E-state index contributed by atoms with van der Waals surface area (Å²) in [6, 6.07) is 6.96. The maximum Gasteiger partial charge on any atom is 0.226 e. The first-order valence-corrected chi connectivity index (χ1v) is 9.19. The van der Waals surface area contributed by atoms with E-state index in [9.17, 15) is 4.79 Å². The molecule has 1 heterocycles. The van der Waals surface area contributed by atoms with Crippen LogP contribution < -0.4 is 5.73 Å². The fraction of sp³-hybridized carbons (Fsp3) is 0.650. The summed E-state index contributed by atoms with van der Waals surface area (Å²) < 4.78 is 0. The van der Waals surface area contributed by atoms with Crippen molar-refractivity contribution in [1.29, 1.82) is 0 Å². The van der Waals surface area contributed by atoms with Gasteiger partial charge in [0.1, 0.15) is 0 Å². The standard InChI is InChI=1S/C20H28N2O/c1-12(2)16-5-3-4-13-11-22(7-6-17(13)16)20(23)15-8-14-10-19(21)18(14)9-15/h3-5,12,14-15,18-19H,6-11,21H2,1-2H3/t14-,15?,18-,19+/m0/s1. The van der Waals surface area contributed by atoms with E-state index >= 15 is 0 Å². The van der Waals surface area contributed by atoms with Gasteiger partial charge in [0.2, 0.25) is 5.91 Å². The van der Waals surface area contributed by atoms with E-state index in [-0.39, 0.29) is 5.92 Å². The predicted octanol–water partition coefficient (Wildman–Crippen LogP) is 3.07. The molecule has 1 unspecified atom stereocenters. The molecule has 1 aromatic rings. The molecule has 1 aliphatic heterocycles. The van der Waals surface area contributed by atoms with E-state index < -0.39 is 0 Å². The van der Waals surface area contributed by atoms with E-state index in [0.29, 0.717) is 23.8 Å². The van der Waals surface area contributed by atoms with Crippen LogP contribution in [0.5, 0.6) is 0 Å². The van der Waals surface area contributed by atoms with Gasteiger partial charge in [-0.25, -0.2) is 0 Å². The van der Waals surface area contributed by atoms with E-state index in [1.807, 2.05) is 0 Å². The zero-order valence-electron chi connectivity index (χ0n) is 14.3. The number of hydrogen-bond donors (Lipinski definition) is 1. The van der Waals surface area contributed by atoms with E-state index in [1.54, 1.807) is 0 Å². The Morgan fingerprint density at radius 3 is 2.78 bits per heavy atom. The minimum Gasteiger partial charge on any atom is -0.338 e. The molecule has 0 spiro atoms. The van der Waals surface area contributed by atoms with Crippen molar-refractivity contribution >= 4 is 5.91 Å². The van der Waals surface area contributed by atoms with Crippen LogP contribution in [0.15, 0.2) is 18.2 Å². The van der Waals surface area contributed by atoms with E-state index in [2.05, 4.69) is 36.9 Å². The van der Waals surface area contributed by atoms with Gasteiger partial charge >= 0.3 is 0 Å². The summed E-state index contributed by atoms with van der Waals surface area (Å²) in [6.45, 7) is 6.19. The minimum atomic E-state index is 0.230. The van der Waals surface area contributed by atoms with Crippen molar-refractivity contribution in [3.8, 4) is 0 Å². The lowest BCUT2D eigenvalue weighted by Crippen LogP contribution is -2.44. The third-order valence-corrected chi connectivity index (χ3v) is 6.46. The quantitative estimate of drug-likeness (QED) is 0.912. The number of amides is 1. The molecule has 2 saturated carbocycles. The summed E-state index contributed by atoms with van der Waals surface area (Å²) in [7, 11) is 0. The summed E-state index contributed by atoms with van der Waals surface area (Å²) in [6.07, 6.45) is 4.25. The zero-order chi connectivity index (χ0) is 16.1. The molecule has 2 aliphatic carbocycles. The Hall–Kier alpha value is -1.35. The number of carbonyl (C=O) groups excluding carboxylic acids is 1. The summed E-state index contributed by atoms with van der Waals surface area (Å²) in [5.74, 6) is 2.51. The number of benzene rings is 1. The van der Waals surface area contributed by atoms with Gasteiger partial charge in [0.15, 0.2) is 0 Å². The maximum atomic E-state index is 12.9. The molecule has 1 aromatic carbocycles. The van der Waals surface area contributed by atoms with Crippen LogP contribution in [-0.2, 0) is 17.8 Å². The van der Waals surface area contributed by atoms with E-state index in [4.69, 9.17) is 5.73 Å². The average Bonchev–Trinajstić information content (AvgIpc) is 2.90. The fourth-order valence-corrected chi connectivity index (χ4v) is 5.11. The van der Waals surface area contributed by atoms with Crippen LogP contribution in [0.1, 0.15) is 55.7 Å². The van der Waals surface area contributed by atoms with Crippen LogP contribution >= 0.6 is 0 Å². The largest absolute Gasteiger partial charge is 0.338 e. The summed E-state index contributed by atoms with van der Waals surface area (Å²) >= 11 is 0. The molecule has 4 atom stereocenters. The molecular weight excluding hydrogens is 284 g/mol. The Morgan fingerprint density at radius 2 is 2.09 bits per heavy atom. The zero-order valence-corrected chi connectivity index (χ0v) is 14.3. The van der Waals surface area contributed by atoms with Crippen molar-refractivity contribution in [1.82, 2.24) is 4.90 Å². The molecule has 3 heteroatoms. The summed E-state index contributed by atoms with van der Waals surface area (Å²) in [5.41, 5.74) is 10.4. The molecule has 0 aromatic heterocycles. The lowest BCUT2D eigenvalue weighted by Gasteiger charge is -2.37. The van der Waals surface area contributed by atoms with Crippen molar-refractivity contribution in [3.05, 3.63) is 34.9 Å². The highest BCUT2D eigenvalue weighted by molar-refractivity contribution is 5.79. The third kappa shape index (κ3) is 2.50. The van der Waals surface area contributed by atoms with Crippen molar-refractivity contribution in [2.45, 2.75) is 58.0 Å². The Bertz CT molecular complexity index is 624. The molecule has 3 nitrogen and oxygen atoms in total. The molecule has 1 amide bonds. The smallest absolute Gasteiger partial charge is 0.226 e. The lowest BCUT2D eigenvalue weighted by atomic mass is 9.72. The van der Waals surface area contributed by atoms with Gasteiger partial charge in [0.25, 0.3) is 0 Å². The van der Waals surface area contributed by atoms with Crippen LogP contribution in [0.3, 0.4) is 0 Å². The summed E-state index contributed by atoms with van der Waals surface area (Å²) in [4.78, 5) is 15.0. The van der Waals surface area contributed by atoms with Gasteiger partial charge in [0, 0.05) is 25.0 Å². The number of rotatable bonds is 2. The normalized spacial score (nSPS) is 32.4. The summed E-state index contributed by atoms with van der Waals surface area (Å²) in [5, 5.41) is 0. The molecule has 2 N–H and O–H groups in total. The van der Waals surface area contributed by atoms with Crippen LogP contribution in [0.4, 0.5) is 0 Å². The Balaban J connectivity index is 1.48. The fourth-order valence-electron chi connectivity index (χ4n) is 5.11. The molecule has 2 fully saturated rings. The minimum absolute atomic E-state index is 0.230. The monoisotopic (exact) mass is 312 g/mol. The molecule has 0 saturated heterocycles. The second kappa shape index (κ2) is 5.62. The lowest BCUT2D eigenvalue weighted by molar-refractivity contribution is -0.136. The molecule has 23 heavy (non-hydrogen) atoms. The highest BCUT2D eigenvalue weighted by atomic mass is 16.2. The van der Waals surface area contributed by atoms with Crippen molar-refractivity contribution < 1.29 is 4.79 Å². The Labute approximate surface area is 139 Å². The first-order chi connectivity index (χ1) is 11.0. The highest BCUT2D eigenvalue weighted by Gasteiger charge is 2.48. The van der Waals surface area contributed by atoms with Crippen molar-refractivity contribution in [3.63, 3.8) is 0 Å². The predicted molar refractivity (Wildman–Crippen MR) is 91.9 cm³/mol. The number of nitrogens with two attached hydrogens (primary N) is 1. The Kier molecular flexibility index (Phi) is 3.72. The SMILES string of the molecule is CC(C)c1cccc2c1CCN(C(=O)C1C[C@H]3C[C@@H](N)[C@H]3C1)C2. The highest BCUT2D eigenvalue weighted by Crippen LogP contribution is 2.49. The second-order valence-electron chi connectivity index (χ2n) is 8.14. The molecule has 124 valence electrons. The molecular formula is C20H28N2O. The van der Waals surface area contributed by atoms with Gasteiger partial charge in [-0.05, 0) is 60.1 Å². The number of fused-ring (bicyclic) bond motifs is 2. The van der Waals surface area contributed by atoms with Crippen molar-refractivity contribution in [2.24, 2.45) is 23.5 Å². The van der Waals surface area contributed by atoms with Crippen LogP contribution in [-0.4, -0.2) is 23.4 Å². The van der Waals surface area contributed by atoms with Gasteiger partial charge in [-0.3, -0.25) is 4.79 Å². The van der Waals surface area contributed by atoms with Gasteiger partial charge in [0.05, 0.1) is 0 Å². The van der Waals surface area contributed by atoms with Crippen molar-refractivity contribution in [2.75, 3.05) is 6.54 Å². The molecule has 4 rings (SSSR count).